The van der Waals surface area contributed by atoms with Gasteiger partial charge in [-0.2, -0.15) is 0 Å². The van der Waals surface area contributed by atoms with Crippen LogP contribution >= 0.6 is 24.0 Å². The van der Waals surface area contributed by atoms with E-state index in [-0.39, 0.29) is 35.2 Å². The largest absolute Gasteiger partial charge is 0.357 e. The van der Waals surface area contributed by atoms with Crippen molar-refractivity contribution in [2.24, 2.45) is 4.99 Å². The van der Waals surface area contributed by atoms with Gasteiger partial charge < -0.3 is 10.6 Å². The summed E-state index contributed by atoms with van der Waals surface area (Å²) < 4.78 is 13.9. The first kappa shape index (κ1) is 18.2. The van der Waals surface area contributed by atoms with Crippen LogP contribution < -0.4 is 10.6 Å². The Hall–Kier alpha value is -0.850. The van der Waals surface area contributed by atoms with Crippen LogP contribution in [0.4, 0.5) is 4.39 Å². The molecule has 0 atom stereocenters. The SMILES string of the molecule is CCNC(=NCC(C)(C)c1ccccc1F)NC1CC1.I. The van der Waals surface area contributed by atoms with Gasteiger partial charge in [-0.05, 0) is 31.4 Å². The molecule has 2 N–H and O–H groups in total. The maximum atomic E-state index is 13.9. The molecule has 0 radical (unpaired) electrons. The van der Waals surface area contributed by atoms with Gasteiger partial charge in [0.2, 0.25) is 0 Å². The Labute approximate surface area is 143 Å². The van der Waals surface area contributed by atoms with Crippen LogP contribution in [0.15, 0.2) is 29.3 Å². The van der Waals surface area contributed by atoms with Gasteiger partial charge in [0.15, 0.2) is 5.96 Å². The van der Waals surface area contributed by atoms with Crippen molar-refractivity contribution in [1.29, 1.82) is 0 Å². The lowest BCUT2D eigenvalue weighted by Gasteiger charge is -2.24. The van der Waals surface area contributed by atoms with E-state index >= 15 is 0 Å². The molecule has 0 saturated heterocycles. The Morgan fingerprint density at radius 2 is 2.00 bits per heavy atom. The van der Waals surface area contributed by atoms with Gasteiger partial charge in [0.05, 0.1) is 6.54 Å². The van der Waals surface area contributed by atoms with E-state index in [0.29, 0.717) is 18.2 Å². The Balaban J connectivity index is 0.00000220. The molecule has 0 aromatic heterocycles. The smallest absolute Gasteiger partial charge is 0.191 e. The quantitative estimate of drug-likeness (QED) is 0.448. The summed E-state index contributed by atoms with van der Waals surface area (Å²) in [6, 6.07) is 7.50. The summed E-state index contributed by atoms with van der Waals surface area (Å²) in [7, 11) is 0. The molecule has 0 aliphatic heterocycles. The van der Waals surface area contributed by atoms with E-state index in [2.05, 4.69) is 15.6 Å². The van der Waals surface area contributed by atoms with Crippen molar-refractivity contribution < 1.29 is 4.39 Å². The fourth-order valence-electron chi connectivity index (χ4n) is 2.11. The summed E-state index contributed by atoms with van der Waals surface area (Å²) in [6.45, 7) is 7.48. The van der Waals surface area contributed by atoms with Crippen LogP contribution in [0.1, 0.15) is 39.2 Å². The van der Waals surface area contributed by atoms with Crippen LogP contribution in [-0.4, -0.2) is 25.1 Å². The van der Waals surface area contributed by atoms with Crippen LogP contribution in [0.25, 0.3) is 0 Å². The molecule has 1 aromatic carbocycles. The van der Waals surface area contributed by atoms with Gasteiger partial charge in [-0.15, -0.1) is 24.0 Å². The van der Waals surface area contributed by atoms with E-state index in [1.807, 2.05) is 32.9 Å². The van der Waals surface area contributed by atoms with Gasteiger partial charge in [-0.3, -0.25) is 4.99 Å². The Kier molecular flexibility index (Phi) is 6.90. The van der Waals surface area contributed by atoms with Crippen molar-refractivity contribution in [1.82, 2.24) is 10.6 Å². The normalized spacial score (nSPS) is 15.3. The summed E-state index contributed by atoms with van der Waals surface area (Å²) in [5.74, 6) is 0.673. The first-order valence-electron chi connectivity index (χ1n) is 7.33. The van der Waals surface area contributed by atoms with Crippen LogP contribution in [0.5, 0.6) is 0 Å². The number of rotatable bonds is 5. The van der Waals surface area contributed by atoms with Crippen molar-refractivity contribution in [2.75, 3.05) is 13.1 Å². The zero-order chi connectivity index (χ0) is 14.6. The predicted molar refractivity (Wildman–Crippen MR) is 97.0 cm³/mol. The first-order valence-corrected chi connectivity index (χ1v) is 7.33. The zero-order valence-electron chi connectivity index (χ0n) is 12.9. The number of halogens is 2. The van der Waals surface area contributed by atoms with Gasteiger partial charge >= 0.3 is 0 Å². The van der Waals surface area contributed by atoms with Gasteiger partial charge in [0.1, 0.15) is 5.82 Å². The first-order chi connectivity index (χ1) is 9.53. The second kappa shape index (κ2) is 7.96. The Morgan fingerprint density at radius 3 is 2.57 bits per heavy atom. The molecule has 1 aliphatic rings. The van der Waals surface area contributed by atoms with Crippen molar-refractivity contribution >= 4 is 29.9 Å². The number of hydrogen-bond acceptors (Lipinski definition) is 1. The topological polar surface area (TPSA) is 36.4 Å². The van der Waals surface area contributed by atoms with E-state index in [4.69, 9.17) is 0 Å². The zero-order valence-corrected chi connectivity index (χ0v) is 15.3. The van der Waals surface area contributed by atoms with E-state index in [1.54, 1.807) is 6.07 Å². The number of guanidine groups is 1. The number of nitrogens with zero attached hydrogens (tertiary/aromatic N) is 1. The summed E-state index contributed by atoms with van der Waals surface area (Å²) >= 11 is 0. The summed E-state index contributed by atoms with van der Waals surface area (Å²) in [5, 5.41) is 6.61. The average molecular weight is 405 g/mol. The summed E-state index contributed by atoms with van der Waals surface area (Å²) in [5.41, 5.74) is 0.392. The standard InChI is InChI=1S/C16H24FN3.HI/c1-4-18-15(20-12-9-10-12)19-11-16(2,3)13-7-5-6-8-14(13)17;/h5-8,12H,4,9-11H2,1-3H3,(H2,18,19,20);1H. The minimum atomic E-state index is -0.322. The molecule has 1 aromatic rings. The van der Waals surface area contributed by atoms with Gasteiger partial charge in [0.25, 0.3) is 0 Å². The highest BCUT2D eigenvalue weighted by Gasteiger charge is 2.25. The molecule has 0 spiro atoms. The number of benzene rings is 1. The molecule has 2 rings (SSSR count). The van der Waals surface area contributed by atoms with Gasteiger partial charge in [0, 0.05) is 18.0 Å². The van der Waals surface area contributed by atoms with E-state index < -0.39 is 0 Å². The van der Waals surface area contributed by atoms with E-state index in [1.165, 1.54) is 18.9 Å². The third-order valence-electron chi connectivity index (χ3n) is 3.50. The lowest BCUT2D eigenvalue weighted by molar-refractivity contribution is 0.492. The Morgan fingerprint density at radius 1 is 1.33 bits per heavy atom. The molecule has 1 fully saturated rings. The predicted octanol–water partition coefficient (Wildman–Crippen LogP) is 3.44. The highest BCUT2D eigenvalue weighted by Crippen LogP contribution is 2.26. The summed E-state index contributed by atoms with van der Waals surface area (Å²) in [4.78, 5) is 4.61. The van der Waals surface area contributed by atoms with E-state index in [0.717, 1.165) is 12.5 Å². The monoisotopic (exact) mass is 405 g/mol. The molecular weight excluding hydrogens is 380 g/mol. The molecule has 21 heavy (non-hydrogen) atoms. The van der Waals surface area contributed by atoms with Crippen LogP contribution in [0, 0.1) is 5.82 Å². The molecule has 3 nitrogen and oxygen atoms in total. The number of hydrogen-bond donors (Lipinski definition) is 2. The lowest BCUT2D eigenvalue weighted by atomic mass is 9.84. The third-order valence-corrected chi connectivity index (χ3v) is 3.50. The van der Waals surface area contributed by atoms with Crippen molar-refractivity contribution in [3.63, 3.8) is 0 Å². The summed E-state index contributed by atoms with van der Waals surface area (Å²) in [6.07, 6.45) is 2.42. The van der Waals surface area contributed by atoms with Crippen LogP contribution in [0.2, 0.25) is 0 Å². The molecule has 5 heteroatoms. The molecule has 0 heterocycles. The van der Waals surface area contributed by atoms with Crippen molar-refractivity contribution in [2.45, 2.75) is 45.1 Å². The van der Waals surface area contributed by atoms with Crippen molar-refractivity contribution in [3.8, 4) is 0 Å². The molecule has 0 unspecified atom stereocenters. The minimum Gasteiger partial charge on any atom is -0.357 e. The lowest BCUT2D eigenvalue weighted by Crippen LogP contribution is -2.39. The third kappa shape index (κ3) is 5.45. The number of aliphatic imine (C=N–C) groups is 1. The van der Waals surface area contributed by atoms with Gasteiger partial charge in [-0.25, -0.2) is 4.39 Å². The minimum absolute atomic E-state index is 0. The highest BCUT2D eigenvalue weighted by molar-refractivity contribution is 14.0. The number of nitrogens with one attached hydrogen (secondary N) is 2. The fourth-order valence-corrected chi connectivity index (χ4v) is 2.11. The molecule has 118 valence electrons. The molecule has 1 saturated carbocycles. The maximum Gasteiger partial charge on any atom is 0.191 e. The molecule has 0 amide bonds. The van der Waals surface area contributed by atoms with Crippen LogP contribution in [0.3, 0.4) is 0 Å². The van der Waals surface area contributed by atoms with Crippen LogP contribution in [-0.2, 0) is 5.41 Å². The Bertz CT molecular complexity index is 484. The average Bonchev–Trinajstić information content (AvgIpc) is 3.21. The van der Waals surface area contributed by atoms with Gasteiger partial charge in [-0.1, -0.05) is 32.0 Å². The fraction of sp³-hybridized carbons (Fsp3) is 0.562. The molecule has 1 aliphatic carbocycles. The molecular formula is C16H25FIN3. The second-order valence-electron chi connectivity index (χ2n) is 5.98. The second-order valence-corrected chi connectivity index (χ2v) is 5.98. The maximum absolute atomic E-state index is 13.9. The van der Waals surface area contributed by atoms with Crippen molar-refractivity contribution in [3.05, 3.63) is 35.6 Å². The molecule has 0 bridgehead atoms. The highest BCUT2D eigenvalue weighted by atomic mass is 127. The van der Waals surface area contributed by atoms with E-state index in [9.17, 15) is 4.39 Å².